The first-order valence-corrected chi connectivity index (χ1v) is 9.99. The molecule has 0 aromatic heterocycles. The number of aliphatic imine (C=N–C) groups is 1. The van der Waals surface area contributed by atoms with Gasteiger partial charge in [-0.3, -0.25) is 4.99 Å². The first kappa shape index (κ1) is 19.9. The van der Waals surface area contributed by atoms with Crippen molar-refractivity contribution in [3.8, 4) is 0 Å². The standard InChI is InChI=1S/C20H31F2N5/c1-3-23-20(24-12-15-6-5-10-26(2)13-15)25-16-9-11-27(14-16)19-17(21)7-4-8-18(19)22/h4,7-8,15-16H,3,5-6,9-14H2,1-2H3,(H2,23,24,25). The number of likely N-dealkylation sites (tertiary alicyclic amines) is 1. The van der Waals surface area contributed by atoms with Gasteiger partial charge < -0.3 is 20.4 Å². The van der Waals surface area contributed by atoms with Gasteiger partial charge in [-0.15, -0.1) is 0 Å². The van der Waals surface area contributed by atoms with Gasteiger partial charge in [0.1, 0.15) is 17.3 Å². The van der Waals surface area contributed by atoms with Crippen molar-refractivity contribution in [2.45, 2.75) is 32.2 Å². The molecule has 0 bridgehead atoms. The molecule has 0 saturated carbocycles. The van der Waals surface area contributed by atoms with Gasteiger partial charge >= 0.3 is 0 Å². The van der Waals surface area contributed by atoms with Gasteiger partial charge in [-0.05, 0) is 57.8 Å². The summed E-state index contributed by atoms with van der Waals surface area (Å²) in [7, 11) is 2.16. The fourth-order valence-corrected chi connectivity index (χ4v) is 4.03. The minimum absolute atomic E-state index is 0.0778. The van der Waals surface area contributed by atoms with Crippen LogP contribution in [0.5, 0.6) is 0 Å². The molecule has 2 unspecified atom stereocenters. The maximum absolute atomic E-state index is 14.0. The minimum Gasteiger partial charge on any atom is -0.365 e. The number of nitrogens with zero attached hydrogens (tertiary/aromatic N) is 3. The van der Waals surface area contributed by atoms with Crippen LogP contribution in [-0.2, 0) is 0 Å². The summed E-state index contributed by atoms with van der Waals surface area (Å²) in [6.07, 6.45) is 3.27. The Kier molecular flexibility index (Phi) is 6.88. The Balaban J connectivity index is 1.58. The number of para-hydroxylation sites is 1. The molecule has 150 valence electrons. The third-order valence-electron chi connectivity index (χ3n) is 5.36. The van der Waals surface area contributed by atoms with Crippen LogP contribution in [-0.4, -0.2) is 63.2 Å². The highest BCUT2D eigenvalue weighted by molar-refractivity contribution is 5.80. The van der Waals surface area contributed by atoms with Gasteiger partial charge in [0.25, 0.3) is 0 Å². The summed E-state index contributed by atoms with van der Waals surface area (Å²) in [6, 6.07) is 4.15. The Labute approximate surface area is 160 Å². The lowest BCUT2D eigenvalue weighted by molar-refractivity contribution is 0.214. The van der Waals surface area contributed by atoms with Crippen molar-refractivity contribution in [3.63, 3.8) is 0 Å². The van der Waals surface area contributed by atoms with Crippen molar-refractivity contribution in [1.82, 2.24) is 15.5 Å². The highest BCUT2D eigenvalue weighted by Crippen LogP contribution is 2.26. The van der Waals surface area contributed by atoms with Crippen LogP contribution in [0.25, 0.3) is 0 Å². The fourth-order valence-electron chi connectivity index (χ4n) is 4.03. The molecule has 1 aromatic carbocycles. The van der Waals surface area contributed by atoms with Crippen LogP contribution in [0.15, 0.2) is 23.2 Å². The maximum atomic E-state index is 14.0. The van der Waals surface area contributed by atoms with Gasteiger partial charge in [0, 0.05) is 38.8 Å². The molecule has 0 amide bonds. The van der Waals surface area contributed by atoms with E-state index in [1.165, 1.54) is 37.6 Å². The molecular formula is C20H31F2N5. The van der Waals surface area contributed by atoms with Gasteiger partial charge in [0.2, 0.25) is 0 Å². The van der Waals surface area contributed by atoms with E-state index in [4.69, 9.17) is 4.99 Å². The first-order valence-electron chi connectivity index (χ1n) is 9.99. The normalized spacial score (nSPS) is 24.3. The van der Waals surface area contributed by atoms with Crippen molar-refractivity contribution in [2.24, 2.45) is 10.9 Å². The second kappa shape index (κ2) is 9.35. The number of halogens is 2. The van der Waals surface area contributed by atoms with Crippen LogP contribution in [0.3, 0.4) is 0 Å². The Morgan fingerprint density at radius 1 is 1.19 bits per heavy atom. The smallest absolute Gasteiger partial charge is 0.191 e. The second-order valence-corrected chi connectivity index (χ2v) is 7.64. The molecule has 1 aromatic rings. The Hall–Kier alpha value is -1.89. The molecule has 3 rings (SSSR count). The van der Waals surface area contributed by atoms with Crippen LogP contribution < -0.4 is 15.5 Å². The van der Waals surface area contributed by atoms with Crippen molar-refractivity contribution < 1.29 is 8.78 Å². The summed E-state index contributed by atoms with van der Waals surface area (Å²) in [5.41, 5.74) is 0.0778. The second-order valence-electron chi connectivity index (χ2n) is 7.64. The lowest BCUT2D eigenvalue weighted by Crippen LogP contribution is -2.45. The van der Waals surface area contributed by atoms with Crippen molar-refractivity contribution >= 4 is 11.6 Å². The zero-order valence-corrected chi connectivity index (χ0v) is 16.3. The number of nitrogens with one attached hydrogen (secondary N) is 2. The van der Waals surface area contributed by atoms with Gasteiger partial charge in [0.05, 0.1) is 0 Å². The highest BCUT2D eigenvalue weighted by atomic mass is 19.1. The third-order valence-corrected chi connectivity index (χ3v) is 5.36. The van der Waals surface area contributed by atoms with Crippen LogP contribution in [0.4, 0.5) is 14.5 Å². The van der Waals surface area contributed by atoms with Crippen LogP contribution in [0, 0.1) is 17.6 Å². The molecule has 7 heteroatoms. The molecule has 0 radical (unpaired) electrons. The first-order chi connectivity index (χ1) is 13.1. The average Bonchev–Trinajstić information content (AvgIpc) is 3.08. The Morgan fingerprint density at radius 2 is 1.96 bits per heavy atom. The number of anilines is 1. The summed E-state index contributed by atoms with van der Waals surface area (Å²) in [5.74, 6) is 0.383. The molecule has 0 spiro atoms. The molecule has 2 N–H and O–H groups in total. The molecule has 0 aliphatic carbocycles. The number of guanidine groups is 1. The molecule has 27 heavy (non-hydrogen) atoms. The topological polar surface area (TPSA) is 42.9 Å². The summed E-state index contributed by atoms with van der Waals surface area (Å²) in [4.78, 5) is 8.91. The number of hydrogen-bond acceptors (Lipinski definition) is 3. The fraction of sp³-hybridized carbons (Fsp3) is 0.650. The predicted octanol–water partition coefficient (Wildman–Crippen LogP) is 2.44. The largest absolute Gasteiger partial charge is 0.365 e. The molecule has 2 heterocycles. The van der Waals surface area contributed by atoms with Crippen molar-refractivity contribution in [3.05, 3.63) is 29.8 Å². The number of benzene rings is 1. The molecule has 2 aliphatic heterocycles. The van der Waals surface area contributed by atoms with Gasteiger partial charge in [-0.1, -0.05) is 6.07 Å². The van der Waals surface area contributed by atoms with E-state index in [-0.39, 0.29) is 11.7 Å². The maximum Gasteiger partial charge on any atom is 0.191 e. The molecule has 2 aliphatic rings. The zero-order chi connectivity index (χ0) is 19.2. The van der Waals surface area contributed by atoms with E-state index in [9.17, 15) is 8.78 Å². The number of rotatable bonds is 5. The average molecular weight is 379 g/mol. The highest BCUT2D eigenvalue weighted by Gasteiger charge is 2.27. The molecular weight excluding hydrogens is 348 g/mol. The summed E-state index contributed by atoms with van der Waals surface area (Å²) < 4.78 is 28.1. The van der Waals surface area contributed by atoms with E-state index < -0.39 is 11.6 Å². The van der Waals surface area contributed by atoms with Gasteiger partial charge in [0.15, 0.2) is 5.96 Å². The van der Waals surface area contributed by atoms with Crippen LogP contribution >= 0.6 is 0 Å². The minimum atomic E-state index is -0.502. The lowest BCUT2D eigenvalue weighted by Gasteiger charge is -2.29. The molecule has 2 saturated heterocycles. The van der Waals surface area contributed by atoms with Gasteiger partial charge in [-0.25, -0.2) is 8.78 Å². The van der Waals surface area contributed by atoms with E-state index in [1.54, 1.807) is 4.90 Å². The Bertz CT molecular complexity index is 631. The number of hydrogen-bond donors (Lipinski definition) is 2. The van der Waals surface area contributed by atoms with E-state index in [1.807, 2.05) is 6.92 Å². The van der Waals surface area contributed by atoms with E-state index >= 15 is 0 Å². The van der Waals surface area contributed by atoms with E-state index in [0.29, 0.717) is 19.0 Å². The van der Waals surface area contributed by atoms with Crippen molar-refractivity contribution in [2.75, 3.05) is 51.2 Å². The summed E-state index contributed by atoms with van der Waals surface area (Å²) in [6.45, 7) is 7.08. The lowest BCUT2D eigenvalue weighted by atomic mass is 9.99. The zero-order valence-electron chi connectivity index (χ0n) is 16.3. The monoisotopic (exact) mass is 379 g/mol. The van der Waals surface area contributed by atoms with Crippen LogP contribution in [0.1, 0.15) is 26.2 Å². The molecule has 2 atom stereocenters. The molecule has 2 fully saturated rings. The van der Waals surface area contributed by atoms with Crippen molar-refractivity contribution in [1.29, 1.82) is 0 Å². The summed E-state index contributed by atoms with van der Waals surface area (Å²) in [5, 5.41) is 6.74. The molecule has 5 nitrogen and oxygen atoms in total. The predicted molar refractivity (Wildman–Crippen MR) is 106 cm³/mol. The number of piperidine rings is 1. The summed E-state index contributed by atoms with van der Waals surface area (Å²) >= 11 is 0. The van der Waals surface area contributed by atoms with Crippen LogP contribution in [0.2, 0.25) is 0 Å². The Morgan fingerprint density at radius 3 is 2.67 bits per heavy atom. The van der Waals surface area contributed by atoms with E-state index in [2.05, 4.69) is 22.6 Å². The van der Waals surface area contributed by atoms with Gasteiger partial charge in [-0.2, -0.15) is 0 Å². The third kappa shape index (κ3) is 5.31. The quantitative estimate of drug-likeness (QED) is 0.609. The van der Waals surface area contributed by atoms with E-state index in [0.717, 1.165) is 32.0 Å². The SMILES string of the molecule is CCNC(=NCC1CCCN(C)C1)NC1CCN(c2c(F)cccc2F)C1.